The number of ether oxygens (including phenoxy) is 1. The lowest BCUT2D eigenvalue weighted by molar-refractivity contribution is 0.0956. The van der Waals surface area contributed by atoms with Crippen molar-refractivity contribution in [2.75, 3.05) is 18.6 Å². The van der Waals surface area contributed by atoms with E-state index in [1.165, 1.54) is 19.5 Å². The Morgan fingerprint density at radius 2 is 2.17 bits per heavy atom. The number of carbonyl (C=O) groups is 1. The van der Waals surface area contributed by atoms with E-state index in [-0.39, 0.29) is 41.2 Å². The maximum absolute atomic E-state index is 12.0. The number of carbonyl (C=O) groups excluding carboxylic acids is 1. The van der Waals surface area contributed by atoms with Crippen LogP contribution in [0.4, 0.5) is 0 Å². The number of ketones is 1. The van der Waals surface area contributed by atoms with E-state index < -0.39 is 9.84 Å². The third-order valence-electron chi connectivity index (χ3n) is 2.92. The van der Waals surface area contributed by atoms with Crippen LogP contribution in [0.15, 0.2) is 12.4 Å². The van der Waals surface area contributed by atoms with Crippen molar-refractivity contribution in [1.82, 2.24) is 9.97 Å². The predicted octanol–water partition coefficient (Wildman–Crippen LogP) is 0.493. The smallest absolute Gasteiger partial charge is 0.243 e. The molecule has 6 nitrogen and oxygen atoms in total. The summed E-state index contributed by atoms with van der Waals surface area (Å²) >= 11 is 0. The minimum absolute atomic E-state index is 0.0846. The van der Waals surface area contributed by atoms with Gasteiger partial charge in [-0.15, -0.1) is 0 Å². The molecule has 1 aliphatic rings. The summed E-state index contributed by atoms with van der Waals surface area (Å²) in [5, 5.41) is 0. The first-order chi connectivity index (χ1) is 8.52. The van der Waals surface area contributed by atoms with Crippen molar-refractivity contribution < 1.29 is 17.9 Å². The van der Waals surface area contributed by atoms with Gasteiger partial charge in [0, 0.05) is 18.8 Å². The maximum Gasteiger partial charge on any atom is 0.243 e. The molecular formula is C11H14N2O4S. The molecule has 0 amide bonds. The lowest BCUT2D eigenvalue weighted by Gasteiger charge is -2.07. The largest absolute Gasteiger partial charge is 0.479 e. The topological polar surface area (TPSA) is 86.2 Å². The third kappa shape index (κ3) is 2.84. The van der Waals surface area contributed by atoms with Gasteiger partial charge in [0.2, 0.25) is 5.88 Å². The van der Waals surface area contributed by atoms with Crippen molar-refractivity contribution in [3.05, 3.63) is 18.1 Å². The zero-order valence-electron chi connectivity index (χ0n) is 10.00. The fraction of sp³-hybridized carbons (Fsp3) is 0.545. The fourth-order valence-corrected chi connectivity index (χ4v) is 3.92. The number of nitrogens with zero attached hydrogens (tertiary/aromatic N) is 2. The van der Waals surface area contributed by atoms with Crippen molar-refractivity contribution in [3.8, 4) is 5.88 Å². The first-order valence-corrected chi connectivity index (χ1v) is 7.42. The monoisotopic (exact) mass is 270 g/mol. The van der Waals surface area contributed by atoms with Crippen molar-refractivity contribution in [1.29, 1.82) is 0 Å². The van der Waals surface area contributed by atoms with Crippen molar-refractivity contribution in [2.24, 2.45) is 5.92 Å². The van der Waals surface area contributed by atoms with Crippen LogP contribution in [0, 0.1) is 5.92 Å². The van der Waals surface area contributed by atoms with E-state index in [0.717, 1.165) is 0 Å². The van der Waals surface area contributed by atoms with Gasteiger partial charge in [-0.25, -0.2) is 18.4 Å². The highest BCUT2D eigenvalue weighted by molar-refractivity contribution is 7.91. The summed E-state index contributed by atoms with van der Waals surface area (Å²) < 4.78 is 27.6. The standard InChI is InChI=1S/C11H14N2O4S/c1-17-11-10(12-3-4-13-11)9(14)6-8-2-5-18(15,16)7-8/h3-4,8H,2,5-7H2,1H3. The highest BCUT2D eigenvalue weighted by atomic mass is 32.2. The predicted molar refractivity (Wildman–Crippen MR) is 64.3 cm³/mol. The number of rotatable bonds is 4. The Bertz CT molecular complexity index is 556. The van der Waals surface area contributed by atoms with Crippen LogP contribution in [0.25, 0.3) is 0 Å². The summed E-state index contributed by atoms with van der Waals surface area (Å²) in [6.07, 6.45) is 3.57. The molecule has 0 radical (unpaired) electrons. The molecule has 1 unspecified atom stereocenters. The van der Waals surface area contributed by atoms with Gasteiger partial charge < -0.3 is 4.74 Å². The highest BCUT2D eigenvalue weighted by Crippen LogP contribution is 2.24. The summed E-state index contributed by atoms with van der Waals surface area (Å²) in [6.45, 7) is 0. The van der Waals surface area contributed by atoms with Crippen LogP contribution in [-0.4, -0.2) is 42.8 Å². The Labute approximate surface area is 105 Å². The molecule has 98 valence electrons. The van der Waals surface area contributed by atoms with E-state index >= 15 is 0 Å². The summed E-state index contributed by atoms with van der Waals surface area (Å²) in [5.41, 5.74) is 0.171. The molecule has 2 heterocycles. The first kappa shape index (κ1) is 12.9. The third-order valence-corrected chi connectivity index (χ3v) is 4.76. The molecule has 0 aliphatic carbocycles. The van der Waals surface area contributed by atoms with Gasteiger partial charge in [0.15, 0.2) is 21.3 Å². The van der Waals surface area contributed by atoms with Gasteiger partial charge in [0.05, 0.1) is 18.6 Å². The Hall–Kier alpha value is -1.50. The molecule has 0 spiro atoms. The van der Waals surface area contributed by atoms with Gasteiger partial charge in [-0.2, -0.15) is 0 Å². The van der Waals surface area contributed by atoms with Crippen molar-refractivity contribution >= 4 is 15.6 Å². The second-order valence-corrected chi connectivity index (χ2v) is 6.54. The molecule has 0 aromatic carbocycles. The highest BCUT2D eigenvalue weighted by Gasteiger charge is 2.30. The Morgan fingerprint density at radius 3 is 2.78 bits per heavy atom. The lowest BCUT2D eigenvalue weighted by Crippen LogP contribution is -2.13. The van der Waals surface area contributed by atoms with Gasteiger partial charge in [-0.1, -0.05) is 0 Å². The van der Waals surface area contributed by atoms with E-state index in [1.807, 2.05) is 0 Å². The van der Waals surface area contributed by atoms with Gasteiger partial charge in [0.25, 0.3) is 0 Å². The molecule has 1 aromatic heterocycles. The SMILES string of the molecule is COc1nccnc1C(=O)CC1CCS(=O)(=O)C1. The Kier molecular flexibility index (Phi) is 3.60. The van der Waals surface area contributed by atoms with Crippen LogP contribution in [0.3, 0.4) is 0 Å². The van der Waals surface area contributed by atoms with Crippen molar-refractivity contribution in [2.45, 2.75) is 12.8 Å². The van der Waals surface area contributed by atoms with E-state index in [9.17, 15) is 13.2 Å². The number of methoxy groups -OCH3 is 1. The molecule has 1 aromatic rings. The van der Waals surface area contributed by atoms with Crippen LogP contribution < -0.4 is 4.74 Å². The molecule has 1 fully saturated rings. The number of Topliss-reactive ketones (excluding diaryl/α,β-unsaturated/α-hetero) is 1. The number of hydrogen-bond donors (Lipinski definition) is 0. The second kappa shape index (κ2) is 5.01. The molecule has 0 N–H and O–H groups in total. The summed E-state index contributed by atoms with van der Waals surface area (Å²) in [4.78, 5) is 19.9. The van der Waals surface area contributed by atoms with E-state index in [4.69, 9.17) is 4.74 Å². The number of sulfone groups is 1. The minimum Gasteiger partial charge on any atom is -0.479 e. The van der Waals surface area contributed by atoms with Crippen LogP contribution >= 0.6 is 0 Å². The summed E-state index contributed by atoms with van der Waals surface area (Å²) in [5.74, 6) is 0.101. The van der Waals surface area contributed by atoms with Crippen molar-refractivity contribution in [3.63, 3.8) is 0 Å². The second-order valence-electron chi connectivity index (χ2n) is 4.31. The van der Waals surface area contributed by atoms with Crippen LogP contribution in [0.1, 0.15) is 23.3 Å². The quantitative estimate of drug-likeness (QED) is 0.740. The van der Waals surface area contributed by atoms with Gasteiger partial charge >= 0.3 is 0 Å². The van der Waals surface area contributed by atoms with E-state index in [2.05, 4.69) is 9.97 Å². The fourth-order valence-electron chi connectivity index (χ4n) is 2.06. The molecule has 1 aliphatic heterocycles. The average Bonchev–Trinajstić information content (AvgIpc) is 2.68. The van der Waals surface area contributed by atoms with Gasteiger partial charge in [-0.05, 0) is 12.3 Å². The number of hydrogen-bond acceptors (Lipinski definition) is 6. The lowest BCUT2D eigenvalue weighted by atomic mass is 10.0. The molecule has 1 saturated heterocycles. The van der Waals surface area contributed by atoms with E-state index in [1.54, 1.807) is 0 Å². The molecule has 2 rings (SSSR count). The van der Waals surface area contributed by atoms with Crippen LogP contribution in [0.5, 0.6) is 5.88 Å². The Balaban J connectivity index is 2.09. The molecule has 0 saturated carbocycles. The van der Waals surface area contributed by atoms with E-state index in [0.29, 0.717) is 6.42 Å². The molecular weight excluding hydrogens is 256 g/mol. The first-order valence-electron chi connectivity index (χ1n) is 5.60. The molecule has 0 bridgehead atoms. The average molecular weight is 270 g/mol. The number of aromatic nitrogens is 2. The zero-order valence-corrected chi connectivity index (χ0v) is 10.8. The zero-order chi connectivity index (χ0) is 13.2. The molecule has 7 heteroatoms. The molecule has 1 atom stereocenters. The molecule has 18 heavy (non-hydrogen) atoms. The van der Waals surface area contributed by atoms with Gasteiger partial charge in [-0.3, -0.25) is 4.79 Å². The Morgan fingerprint density at radius 1 is 1.44 bits per heavy atom. The summed E-state index contributed by atoms with van der Waals surface area (Å²) in [6, 6.07) is 0. The summed E-state index contributed by atoms with van der Waals surface area (Å²) in [7, 11) is -1.54. The van der Waals surface area contributed by atoms with Gasteiger partial charge in [0.1, 0.15) is 0 Å². The normalized spacial score (nSPS) is 21.7. The van der Waals surface area contributed by atoms with Crippen LogP contribution in [-0.2, 0) is 9.84 Å². The minimum atomic E-state index is -2.96. The maximum atomic E-state index is 12.0. The van der Waals surface area contributed by atoms with Crippen LogP contribution in [0.2, 0.25) is 0 Å².